The lowest BCUT2D eigenvalue weighted by Crippen LogP contribution is -2.55. The highest BCUT2D eigenvalue weighted by molar-refractivity contribution is 5.94. The Morgan fingerprint density at radius 1 is 1.00 bits per heavy atom. The van der Waals surface area contributed by atoms with E-state index in [0.29, 0.717) is 44.3 Å². The largest absolute Gasteiger partial charge is 0.379 e. The van der Waals surface area contributed by atoms with E-state index < -0.39 is 0 Å². The van der Waals surface area contributed by atoms with Crippen molar-refractivity contribution in [3.05, 3.63) is 35.9 Å². The molecule has 3 amide bonds. The van der Waals surface area contributed by atoms with Crippen LogP contribution in [-0.4, -0.2) is 91.7 Å². The van der Waals surface area contributed by atoms with Crippen LogP contribution in [0.4, 0.5) is 4.79 Å². The number of benzene rings is 1. The fourth-order valence-electron chi connectivity index (χ4n) is 3.67. The number of piperazine rings is 1. The van der Waals surface area contributed by atoms with E-state index in [-0.39, 0.29) is 11.9 Å². The molecule has 0 spiro atoms. The van der Waals surface area contributed by atoms with Crippen LogP contribution >= 0.6 is 0 Å². The maximum absolute atomic E-state index is 12.5. The van der Waals surface area contributed by atoms with Crippen molar-refractivity contribution >= 4 is 11.9 Å². The highest BCUT2D eigenvalue weighted by atomic mass is 16.5. The summed E-state index contributed by atoms with van der Waals surface area (Å²) in [5.41, 5.74) is 0.701. The molecule has 7 nitrogen and oxygen atoms in total. The number of urea groups is 1. The topological polar surface area (TPSA) is 65.1 Å². The van der Waals surface area contributed by atoms with Gasteiger partial charge in [0.05, 0.1) is 13.2 Å². The van der Waals surface area contributed by atoms with Gasteiger partial charge in [0.2, 0.25) is 0 Å². The summed E-state index contributed by atoms with van der Waals surface area (Å²) in [7, 11) is 0. The highest BCUT2D eigenvalue weighted by Gasteiger charge is 2.26. The Balaban J connectivity index is 1.43. The monoisotopic (exact) mass is 374 g/mol. The van der Waals surface area contributed by atoms with Gasteiger partial charge in [-0.05, 0) is 18.6 Å². The normalized spacial score (nSPS) is 19.6. The molecule has 0 radical (unpaired) electrons. The van der Waals surface area contributed by atoms with E-state index in [2.05, 4.69) is 17.1 Å². The van der Waals surface area contributed by atoms with Gasteiger partial charge in [-0.2, -0.15) is 0 Å². The van der Waals surface area contributed by atoms with Crippen molar-refractivity contribution in [3.63, 3.8) is 0 Å². The summed E-state index contributed by atoms with van der Waals surface area (Å²) in [4.78, 5) is 31.0. The lowest BCUT2D eigenvalue weighted by atomic mass is 10.1. The molecule has 0 bridgehead atoms. The van der Waals surface area contributed by atoms with Crippen LogP contribution < -0.4 is 5.32 Å². The van der Waals surface area contributed by atoms with Crippen molar-refractivity contribution in [1.82, 2.24) is 20.0 Å². The van der Waals surface area contributed by atoms with E-state index in [0.717, 1.165) is 32.7 Å². The second-order valence-corrected chi connectivity index (χ2v) is 7.04. The first kappa shape index (κ1) is 19.6. The van der Waals surface area contributed by atoms with E-state index in [1.165, 1.54) is 0 Å². The average Bonchev–Trinajstić information content (AvgIpc) is 2.75. The summed E-state index contributed by atoms with van der Waals surface area (Å²) in [6.07, 6.45) is 1.000. The number of hydrogen-bond donors (Lipinski definition) is 1. The molecule has 2 aliphatic rings. The van der Waals surface area contributed by atoms with Crippen LogP contribution in [0.25, 0.3) is 0 Å². The second kappa shape index (κ2) is 9.71. The Bertz CT molecular complexity index is 611. The average molecular weight is 374 g/mol. The van der Waals surface area contributed by atoms with Gasteiger partial charge in [0.1, 0.15) is 0 Å². The zero-order valence-corrected chi connectivity index (χ0v) is 16.1. The first-order valence-corrected chi connectivity index (χ1v) is 9.88. The number of ether oxygens (including phenoxy) is 1. The number of nitrogens with zero attached hydrogens (tertiary/aromatic N) is 3. The van der Waals surface area contributed by atoms with Gasteiger partial charge >= 0.3 is 6.03 Å². The summed E-state index contributed by atoms with van der Waals surface area (Å²) >= 11 is 0. The molecule has 3 rings (SSSR count). The van der Waals surface area contributed by atoms with E-state index in [1.54, 1.807) is 4.90 Å². The standard InChI is InChI=1S/C20H30N4O3/c1-2-18(22-12-14-27-15-13-22)16-21-20(26)24-10-8-23(9-11-24)19(25)17-6-4-3-5-7-17/h3-7,18H,2,8-16H2,1H3,(H,21,26)/t18-/m0/s1. The van der Waals surface area contributed by atoms with Gasteiger partial charge in [-0.3, -0.25) is 9.69 Å². The van der Waals surface area contributed by atoms with E-state index in [1.807, 2.05) is 35.2 Å². The maximum atomic E-state index is 12.5. The van der Waals surface area contributed by atoms with Gasteiger partial charge in [-0.15, -0.1) is 0 Å². The Hall–Kier alpha value is -2.12. The summed E-state index contributed by atoms with van der Waals surface area (Å²) in [6, 6.07) is 9.62. The molecule has 0 aliphatic carbocycles. The minimum absolute atomic E-state index is 0.0338. The van der Waals surface area contributed by atoms with Crippen LogP contribution in [0.2, 0.25) is 0 Å². The number of amides is 3. The molecule has 2 fully saturated rings. The maximum Gasteiger partial charge on any atom is 0.317 e. The van der Waals surface area contributed by atoms with Crippen molar-refractivity contribution in [3.8, 4) is 0 Å². The fourth-order valence-corrected chi connectivity index (χ4v) is 3.67. The van der Waals surface area contributed by atoms with E-state index in [4.69, 9.17) is 4.74 Å². The summed E-state index contributed by atoms with van der Waals surface area (Å²) in [6.45, 7) is 8.47. The lowest BCUT2D eigenvalue weighted by molar-refractivity contribution is 0.0161. The number of carbonyl (C=O) groups excluding carboxylic acids is 2. The highest BCUT2D eigenvalue weighted by Crippen LogP contribution is 2.10. The minimum Gasteiger partial charge on any atom is -0.379 e. The van der Waals surface area contributed by atoms with Crippen molar-refractivity contribution in [2.24, 2.45) is 0 Å². The quantitative estimate of drug-likeness (QED) is 0.843. The van der Waals surface area contributed by atoms with Gasteiger partial charge in [-0.25, -0.2) is 4.79 Å². The Kier molecular flexibility index (Phi) is 7.06. The smallest absolute Gasteiger partial charge is 0.317 e. The van der Waals surface area contributed by atoms with Crippen LogP contribution in [0.1, 0.15) is 23.7 Å². The molecule has 0 unspecified atom stereocenters. The fraction of sp³-hybridized carbons (Fsp3) is 0.600. The first-order chi connectivity index (χ1) is 13.2. The van der Waals surface area contributed by atoms with Crippen LogP contribution in [-0.2, 0) is 4.74 Å². The zero-order valence-electron chi connectivity index (χ0n) is 16.1. The van der Waals surface area contributed by atoms with Crippen molar-refractivity contribution in [2.75, 3.05) is 59.0 Å². The summed E-state index contributed by atoms with van der Waals surface area (Å²) in [5.74, 6) is 0.0361. The molecule has 1 atom stereocenters. The van der Waals surface area contributed by atoms with Crippen molar-refractivity contribution in [1.29, 1.82) is 0 Å². The first-order valence-electron chi connectivity index (χ1n) is 9.88. The molecule has 7 heteroatoms. The predicted octanol–water partition coefficient (Wildman–Crippen LogP) is 1.26. The second-order valence-electron chi connectivity index (χ2n) is 7.04. The third-order valence-corrected chi connectivity index (χ3v) is 5.40. The van der Waals surface area contributed by atoms with E-state index in [9.17, 15) is 9.59 Å². The zero-order chi connectivity index (χ0) is 19.1. The van der Waals surface area contributed by atoms with Gasteiger partial charge in [0, 0.05) is 57.4 Å². The number of carbonyl (C=O) groups is 2. The van der Waals surface area contributed by atoms with Crippen molar-refractivity contribution in [2.45, 2.75) is 19.4 Å². The lowest BCUT2D eigenvalue weighted by Gasteiger charge is -2.36. The van der Waals surface area contributed by atoms with Crippen LogP contribution in [0.5, 0.6) is 0 Å². The number of morpholine rings is 1. The van der Waals surface area contributed by atoms with Crippen LogP contribution in [0.3, 0.4) is 0 Å². The molecule has 2 saturated heterocycles. The molecule has 1 aromatic carbocycles. The Morgan fingerprint density at radius 3 is 2.26 bits per heavy atom. The SMILES string of the molecule is CC[C@@H](CNC(=O)N1CCN(C(=O)c2ccccc2)CC1)N1CCOCC1. The summed E-state index contributed by atoms with van der Waals surface area (Å²) < 4.78 is 5.41. The molecule has 0 aromatic heterocycles. The van der Waals surface area contributed by atoms with Gasteiger partial charge in [0.25, 0.3) is 5.91 Å². The Labute approximate surface area is 161 Å². The molecule has 1 aromatic rings. The molecular weight excluding hydrogens is 344 g/mol. The van der Waals surface area contributed by atoms with Crippen LogP contribution in [0.15, 0.2) is 30.3 Å². The van der Waals surface area contributed by atoms with Crippen molar-refractivity contribution < 1.29 is 14.3 Å². The molecule has 0 saturated carbocycles. The predicted molar refractivity (Wildman–Crippen MR) is 104 cm³/mol. The third-order valence-electron chi connectivity index (χ3n) is 5.40. The summed E-state index contributed by atoms with van der Waals surface area (Å²) in [5, 5.41) is 3.08. The van der Waals surface area contributed by atoms with Crippen LogP contribution in [0, 0.1) is 0 Å². The number of rotatable bonds is 5. The Morgan fingerprint density at radius 2 is 1.63 bits per heavy atom. The molecule has 2 heterocycles. The third kappa shape index (κ3) is 5.20. The van der Waals surface area contributed by atoms with E-state index >= 15 is 0 Å². The molecule has 1 N–H and O–H groups in total. The minimum atomic E-state index is -0.0338. The van der Waals surface area contributed by atoms with Gasteiger partial charge < -0.3 is 19.9 Å². The molecule has 27 heavy (non-hydrogen) atoms. The molecular formula is C20H30N4O3. The number of hydrogen-bond acceptors (Lipinski definition) is 4. The molecule has 2 aliphatic heterocycles. The van der Waals surface area contributed by atoms with Gasteiger partial charge in [-0.1, -0.05) is 25.1 Å². The molecule has 148 valence electrons. The number of nitrogens with one attached hydrogen (secondary N) is 1. The van der Waals surface area contributed by atoms with Gasteiger partial charge in [0.15, 0.2) is 0 Å².